The lowest BCUT2D eigenvalue weighted by atomic mass is 10.1. The van der Waals surface area contributed by atoms with Crippen LogP contribution in [0.2, 0.25) is 0 Å². The third-order valence-electron chi connectivity index (χ3n) is 5.98. The van der Waals surface area contributed by atoms with Crippen molar-refractivity contribution >= 4 is 17.5 Å². The summed E-state index contributed by atoms with van der Waals surface area (Å²) in [6, 6.07) is 5.36. The molecule has 2 aliphatic heterocycles. The van der Waals surface area contributed by atoms with Gasteiger partial charge in [0.2, 0.25) is 11.8 Å². The van der Waals surface area contributed by atoms with Crippen LogP contribution in [0.5, 0.6) is 5.75 Å². The summed E-state index contributed by atoms with van der Waals surface area (Å²) >= 11 is 0. The van der Waals surface area contributed by atoms with Gasteiger partial charge in [-0.1, -0.05) is 19.9 Å². The Kier molecular flexibility index (Phi) is 8.48. The summed E-state index contributed by atoms with van der Waals surface area (Å²) in [5.74, 6) is -0.345. The number of hydrogen-bond donors (Lipinski definition) is 1. The molecule has 1 aromatic carbocycles. The number of nitrogens with zero attached hydrogens (tertiary/aromatic N) is 3. The van der Waals surface area contributed by atoms with Crippen molar-refractivity contribution < 1.29 is 18.7 Å². The molecule has 32 heavy (non-hydrogen) atoms. The lowest BCUT2D eigenvalue weighted by molar-refractivity contribution is -0.139. The second-order valence-corrected chi connectivity index (χ2v) is 9.28. The van der Waals surface area contributed by atoms with Gasteiger partial charge >= 0.3 is 0 Å². The number of benzene rings is 1. The summed E-state index contributed by atoms with van der Waals surface area (Å²) in [6.45, 7) is 13.0. The molecule has 1 N–H and O–H groups in total. The Morgan fingerprint density at radius 2 is 1.81 bits per heavy atom. The predicted octanol–water partition coefficient (Wildman–Crippen LogP) is 2.50. The van der Waals surface area contributed by atoms with Crippen LogP contribution in [-0.4, -0.2) is 79.6 Å². The first-order valence-electron chi connectivity index (χ1n) is 11.8. The maximum Gasteiger partial charge on any atom is 0.234 e. The first-order valence-corrected chi connectivity index (χ1v) is 11.8. The zero-order chi connectivity index (χ0) is 23.3. The van der Waals surface area contributed by atoms with Gasteiger partial charge in [-0.15, -0.1) is 0 Å². The van der Waals surface area contributed by atoms with Crippen LogP contribution in [0.1, 0.15) is 40.5 Å². The van der Waals surface area contributed by atoms with E-state index in [2.05, 4.69) is 15.1 Å². The average Bonchev–Trinajstić information content (AvgIpc) is 3.01. The second kappa shape index (κ2) is 11.1. The van der Waals surface area contributed by atoms with E-state index in [0.717, 1.165) is 44.8 Å². The van der Waals surface area contributed by atoms with Crippen molar-refractivity contribution in [2.75, 3.05) is 50.7 Å². The molecule has 3 rings (SSSR count). The van der Waals surface area contributed by atoms with E-state index >= 15 is 0 Å². The van der Waals surface area contributed by atoms with Gasteiger partial charge in [0.1, 0.15) is 0 Å². The van der Waals surface area contributed by atoms with Crippen LogP contribution in [0, 0.1) is 11.7 Å². The summed E-state index contributed by atoms with van der Waals surface area (Å²) < 4.78 is 20.0. The third kappa shape index (κ3) is 6.19. The maximum absolute atomic E-state index is 14.3. The van der Waals surface area contributed by atoms with Gasteiger partial charge < -0.3 is 15.0 Å². The second-order valence-electron chi connectivity index (χ2n) is 9.28. The first-order chi connectivity index (χ1) is 15.3. The fraction of sp³-hybridized carbons (Fsp3) is 0.667. The van der Waals surface area contributed by atoms with E-state index in [1.807, 2.05) is 33.8 Å². The highest BCUT2D eigenvalue weighted by molar-refractivity contribution is 6.03. The lowest BCUT2D eigenvalue weighted by Crippen LogP contribution is -2.47. The molecule has 1 atom stereocenters. The zero-order valence-corrected chi connectivity index (χ0v) is 19.8. The average molecular weight is 449 g/mol. The number of rotatable bonds is 10. The summed E-state index contributed by atoms with van der Waals surface area (Å²) in [5.41, 5.74) is 0.799. The van der Waals surface area contributed by atoms with Crippen LogP contribution in [0.4, 0.5) is 10.1 Å². The van der Waals surface area contributed by atoms with Gasteiger partial charge in [0.25, 0.3) is 0 Å². The number of carbonyl (C=O) groups excluding carboxylic acids is 2. The number of nitrogens with one attached hydrogen (secondary N) is 1. The fourth-order valence-electron chi connectivity index (χ4n) is 4.29. The largest absolute Gasteiger partial charge is 0.486 e. The van der Waals surface area contributed by atoms with E-state index < -0.39 is 0 Å². The molecule has 2 amide bonds. The van der Waals surface area contributed by atoms with E-state index in [9.17, 15) is 14.0 Å². The molecule has 0 aliphatic carbocycles. The van der Waals surface area contributed by atoms with Crippen molar-refractivity contribution in [1.82, 2.24) is 15.1 Å². The SMILES string of the molecule is CC(C)NCC1CC(=O)N(CCCN2CCN(c3cccc(F)c3OC(C)C)CC2)C1=O. The summed E-state index contributed by atoms with van der Waals surface area (Å²) in [7, 11) is 0. The number of likely N-dealkylation sites (tertiary alicyclic amines) is 1. The maximum atomic E-state index is 14.3. The number of piperazine rings is 1. The minimum absolute atomic E-state index is 0.0447. The molecule has 7 nitrogen and oxygen atoms in total. The molecule has 2 fully saturated rings. The van der Waals surface area contributed by atoms with Gasteiger partial charge in [0.05, 0.1) is 17.7 Å². The predicted molar refractivity (Wildman–Crippen MR) is 123 cm³/mol. The number of imide groups is 1. The van der Waals surface area contributed by atoms with Crippen LogP contribution in [0.3, 0.4) is 0 Å². The minimum Gasteiger partial charge on any atom is -0.486 e. The van der Waals surface area contributed by atoms with Crippen LogP contribution >= 0.6 is 0 Å². The number of para-hydroxylation sites is 1. The highest BCUT2D eigenvalue weighted by atomic mass is 19.1. The Labute approximate surface area is 190 Å². The normalized spacial score (nSPS) is 20.2. The van der Waals surface area contributed by atoms with Crippen LogP contribution in [-0.2, 0) is 9.59 Å². The molecule has 0 aromatic heterocycles. The fourth-order valence-corrected chi connectivity index (χ4v) is 4.29. The van der Waals surface area contributed by atoms with Crippen molar-refractivity contribution in [3.05, 3.63) is 24.0 Å². The van der Waals surface area contributed by atoms with Gasteiger partial charge in [-0.2, -0.15) is 0 Å². The molecular formula is C24H37FN4O3. The number of hydrogen-bond acceptors (Lipinski definition) is 6. The Balaban J connectivity index is 1.45. The lowest BCUT2D eigenvalue weighted by Gasteiger charge is -2.37. The molecule has 1 unspecified atom stereocenters. The molecule has 0 saturated carbocycles. The molecule has 2 aliphatic rings. The zero-order valence-electron chi connectivity index (χ0n) is 19.8. The van der Waals surface area contributed by atoms with Crippen molar-refractivity contribution in [1.29, 1.82) is 0 Å². The molecular weight excluding hydrogens is 411 g/mol. The van der Waals surface area contributed by atoms with Crippen LogP contribution in [0.25, 0.3) is 0 Å². The standard InChI is InChI=1S/C24H37FN4O3/c1-17(2)26-16-19-15-22(30)29(24(19)31)10-6-9-27-11-13-28(14-12-27)21-8-5-7-20(25)23(21)32-18(3)4/h5,7-8,17-19,26H,6,9-16H2,1-4H3. The number of carbonyl (C=O) groups is 2. The van der Waals surface area contributed by atoms with E-state index in [1.165, 1.54) is 11.0 Å². The van der Waals surface area contributed by atoms with Crippen molar-refractivity contribution in [2.45, 2.75) is 52.7 Å². The van der Waals surface area contributed by atoms with E-state index in [4.69, 9.17) is 4.74 Å². The van der Waals surface area contributed by atoms with Crippen LogP contribution in [0.15, 0.2) is 18.2 Å². The smallest absolute Gasteiger partial charge is 0.234 e. The number of ether oxygens (including phenoxy) is 1. The van der Waals surface area contributed by atoms with Gasteiger partial charge in [0.15, 0.2) is 11.6 Å². The summed E-state index contributed by atoms with van der Waals surface area (Å²) in [4.78, 5) is 30.8. The Morgan fingerprint density at radius 1 is 1.09 bits per heavy atom. The van der Waals surface area contributed by atoms with E-state index in [0.29, 0.717) is 31.3 Å². The van der Waals surface area contributed by atoms with E-state index in [1.54, 1.807) is 6.07 Å². The van der Waals surface area contributed by atoms with E-state index in [-0.39, 0.29) is 29.7 Å². The highest BCUT2D eigenvalue weighted by Crippen LogP contribution is 2.32. The quantitative estimate of drug-likeness (QED) is 0.555. The highest BCUT2D eigenvalue weighted by Gasteiger charge is 2.37. The summed E-state index contributed by atoms with van der Waals surface area (Å²) in [5, 5.41) is 3.26. The third-order valence-corrected chi connectivity index (χ3v) is 5.98. The van der Waals surface area contributed by atoms with Crippen molar-refractivity contribution in [3.63, 3.8) is 0 Å². The molecule has 0 spiro atoms. The number of amides is 2. The molecule has 1 aromatic rings. The van der Waals surface area contributed by atoms with Crippen LogP contribution < -0.4 is 15.0 Å². The molecule has 2 saturated heterocycles. The first kappa shape index (κ1) is 24.5. The topological polar surface area (TPSA) is 65.1 Å². The van der Waals surface area contributed by atoms with Gasteiger partial charge in [0, 0.05) is 51.7 Å². The Morgan fingerprint density at radius 3 is 2.47 bits per heavy atom. The minimum atomic E-state index is -0.333. The Bertz CT molecular complexity index is 793. The van der Waals surface area contributed by atoms with Gasteiger partial charge in [-0.3, -0.25) is 19.4 Å². The van der Waals surface area contributed by atoms with Gasteiger partial charge in [-0.05, 0) is 38.9 Å². The Hall–Kier alpha value is -2.19. The summed E-state index contributed by atoms with van der Waals surface area (Å²) in [6.07, 6.45) is 0.985. The molecule has 0 bridgehead atoms. The molecule has 8 heteroatoms. The van der Waals surface area contributed by atoms with Crippen molar-refractivity contribution in [3.8, 4) is 5.75 Å². The monoisotopic (exact) mass is 448 g/mol. The molecule has 2 heterocycles. The molecule has 0 radical (unpaired) electrons. The number of anilines is 1. The molecule has 178 valence electrons. The van der Waals surface area contributed by atoms with Crippen molar-refractivity contribution in [2.24, 2.45) is 5.92 Å². The van der Waals surface area contributed by atoms with Gasteiger partial charge in [-0.25, -0.2) is 4.39 Å². The number of halogens is 1.